The lowest BCUT2D eigenvalue weighted by Crippen LogP contribution is -2.16. The average Bonchev–Trinajstić information content (AvgIpc) is 3.32. The first-order valence-electron chi connectivity index (χ1n) is 9.97. The highest BCUT2D eigenvalue weighted by Gasteiger charge is 2.16. The number of anilines is 1. The van der Waals surface area contributed by atoms with E-state index in [1.54, 1.807) is 6.20 Å². The number of hydrogen-bond acceptors (Lipinski definition) is 7. The number of aryl methyl sites for hydroxylation is 2. The third kappa shape index (κ3) is 3.89. The minimum Gasteiger partial charge on any atom is -0.444 e. The molecular weight excluding hydrogens is 414 g/mol. The fourth-order valence-electron chi connectivity index (χ4n) is 3.59. The van der Waals surface area contributed by atoms with Gasteiger partial charge in [-0.25, -0.2) is 14.8 Å². The van der Waals surface area contributed by atoms with Gasteiger partial charge < -0.3 is 14.0 Å². The standard InChI is InChI=1S/C22H21N5O3S/c1-13-4-3-7-23-20(13)21-24-14(2)18(31-21)11-30-22(28)25-15-5-6-17-16(10-15)26-19-12-29-9-8-27(17)19/h3-7,10H,8-9,11-12H2,1-2H3,(H,25,28). The van der Waals surface area contributed by atoms with Crippen molar-refractivity contribution in [3.05, 3.63) is 58.5 Å². The summed E-state index contributed by atoms with van der Waals surface area (Å²) < 4.78 is 13.0. The van der Waals surface area contributed by atoms with Gasteiger partial charge in [-0.1, -0.05) is 6.07 Å². The Morgan fingerprint density at radius 3 is 3.06 bits per heavy atom. The third-order valence-electron chi connectivity index (χ3n) is 5.20. The van der Waals surface area contributed by atoms with Gasteiger partial charge in [-0.3, -0.25) is 10.3 Å². The van der Waals surface area contributed by atoms with Gasteiger partial charge >= 0.3 is 6.09 Å². The number of amides is 1. The Bertz CT molecular complexity index is 1280. The van der Waals surface area contributed by atoms with E-state index < -0.39 is 6.09 Å². The maximum Gasteiger partial charge on any atom is 0.411 e. The van der Waals surface area contributed by atoms with Gasteiger partial charge in [0.05, 0.1) is 28.2 Å². The van der Waals surface area contributed by atoms with Crippen LogP contribution in [0.2, 0.25) is 0 Å². The zero-order chi connectivity index (χ0) is 21.4. The lowest BCUT2D eigenvalue weighted by Gasteiger charge is -2.14. The molecule has 1 N–H and O–H groups in total. The van der Waals surface area contributed by atoms with Crippen LogP contribution in [0.1, 0.15) is 22.0 Å². The molecule has 4 aromatic rings. The number of aromatic nitrogens is 4. The zero-order valence-electron chi connectivity index (χ0n) is 17.2. The number of rotatable bonds is 4. The number of thiazole rings is 1. The molecule has 0 fully saturated rings. The van der Waals surface area contributed by atoms with Crippen molar-refractivity contribution in [1.82, 2.24) is 19.5 Å². The quantitative estimate of drug-likeness (QED) is 0.509. The van der Waals surface area contributed by atoms with E-state index in [-0.39, 0.29) is 6.61 Å². The molecule has 1 aromatic carbocycles. The molecule has 3 aromatic heterocycles. The van der Waals surface area contributed by atoms with Gasteiger partial charge in [-0.2, -0.15) is 0 Å². The van der Waals surface area contributed by atoms with Crippen LogP contribution in [-0.4, -0.2) is 32.2 Å². The van der Waals surface area contributed by atoms with Crippen molar-refractivity contribution in [2.45, 2.75) is 33.6 Å². The summed E-state index contributed by atoms with van der Waals surface area (Å²) >= 11 is 1.49. The van der Waals surface area contributed by atoms with Crippen molar-refractivity contribution < 1.29 is 14.3 Å². The molecule has 0 atom stereocenters. The minimum atomic E-state index is -0.518. The van der Waals surface area contributed by atoms with Crippen molar-refractivity contribution >= 4 is 34.2 Å². The summed E-state index contributed by atoms with van der Waals surface area (Å²) in [7, 11) is 0. The Morgan fingerprint density at radius 1 is 1.29 bits per heavy atom. The molecule has 0 aliphatic carbocycles. The predicted octanol–water partition coefficient (Wildman–Crippen LogP) is 4.45. The van der Waals surface area contributed by atoms with E-state index in [4.69, 9.17) is 9.47 Å². The van der Waals surface area contributed by atoms with E-state index in [0.29, 0.717) is 18.9 Å². The number of nitrogens with one attached hydrogen (secondary N) is 1. The summed E-state index contributed by atoms with van der Waals surface area (Å²) in [5.41, 5.74) is 5.25. The number of carbonyl (C=O) groups is 1. The predicted molar refractivity (Wildman–Crippen MR) is 118 cm³/mol. The van der Waals surface area contributed by atoms with Crippen LogP contribution in [0.4, 0.5) is 10.5 Å². The normalized spacial score (nSPS) is 13.2. The second-order valence-corrected chi connectivity index (χ2v) is 8.42. The van der Waals surface area contributed by atoms with Crippen LogP contribution in [0.3, 0.4) is 0 Å². The molecule has 0 spiro atoms. The molecular formula is C22H21N5O3S. The van der Waals surface area contributed by atoms with Crippen LogP contribution in [0.15, 0.2) is 36.5 Å². The molecule has 0 saturated carbocycles. The van der Waals surface area contributed by atoms with Crippen LogP contribution in [0, 0.1) is 13.8 Å². The van der Waals surface area contributed by atoms with Crippen molar-refractivity contribution in [2.75, 3.05) is 11.9 Å². The van der Waals surface area contributed by atoms with Crippen LogP contribution < -0.4 is 5.32 Å². The summed E-state index contributed by atoms with van der Waals surface area (Å²) in [5, 5.41) is 3.61. The fourth-order valence-corrected chi connectivity index (χ4v) is 4.63. The molecule has 9 heteroatoms. The molecule has 0 saturated heterocycles. The highest BCUT2D eigenvalue weighted by molar-refractivity contribution is 7.15. The Balaban J connectivity index is 1.26. The molecule has 158 valence electrons. The number of carbonyl (C=O) groups excluding carboxylic acids is 1. The molecule has 0 bridgehead atoms. The first kappa shape index (κ1) is 19.7. The second-order valence-electron chi connectivity index (χ2n) is 7.33. The molecule has 0 unspecified atom stereocenters. The first-order chi connectivity index (χ1) is 15.1. The highest BCUT2D eigenvalue weighted by atomic mass is 32.1. The molecule has 1 aliphatic rings. The summed E-state index contributed by atoms with van der Waals surface area (Å²) in [6, 6.07) is 9.57. The molecule has 0 radical (unpaired) electrons. The second kappa shape index (κ2) is 8.09. The lowest BCUT2D eigenvalue weighted by molar-refractivity contribution is 0.0830. The number of fused-ring (bicyclic) bond motifs is 3. The van der Waals surface area contributed by atoms with Gasteiger partial charge in [0.2, 0.25) is 0 Å². The molecule has 5 rings (SSSR count). The monoisotopic (exact) mass is 435 g/mol. The Hall–Kier alpha value is -3.30. The Kier molecular flexibility index (Phi) is 5.13. The molecule has 1 aliphatic heterocycles. The van der Waals surface area contributed by atoms with Crippen molar-refractivity contribution in [3.8, 4) is 10.7 Å². The number of benzene rings is 1. The topological polar surface area (TPSA) is 91.2 Å². The van der Waals surface area contributed by atoms with Crippen LogP contribution in [-0.2, 0) is 29.2 Å². The van der Waals surface area contributed by atoms with Gasteiger partial charge in [0.1, 0.15) is 29.7 Å². The maximum atomic E-state index is 12.4. The van der Waals surface area contributed by atoms with Crippen molar-refractivity contribution in [1.29, 1.82) is 0 Å². The number of pyridine rings is 1. The largest absolute Gasteiger partial charge is 0.444 e. The van der Waals surface area contributed by atoms with E-state index in [2.05, 4.69) is 24.8 Å². The van der Waals surface area contributed by atoms with Crippen LogP contribution in [0.25, 0.3) is 21.7 Å². The summed E-state index contributed by atoms with van der Waals surface area (Å²) in [6.45, 7) is 6.04. The van der Waals surface area contributed by atoms with Crippen molar-refractivity contribution in [3.63, 3.8) is 0 Å². The van der Waals surface area contributed by atoms with E-state index in [9.17, 15) is 4.79 Å². The number of imidazole rings is 1. The highest BCUT2D eigenvalue weighted by Crippen LogP contribution is 2.29. The summed E-state index contributed by atoms with van der Waals surface area (Å²) in [6.07, 6.45) is 1.23. The van der Waals surface area contributed by atoms with Gasteiger partial charge in [-0.15, -0.1) is 11.3 Å². The van der Waals surface area contributed by atoms with Crippen LogP contribution in [0.5, 0.6) is 0 Å². The smallest absolute Gasteiger partial charge is 0.411 e. The molecule has 8 nitrogen and oxygen atoms in total. The van der Waals surface area contributed by atoms with Gasteiger partial charge in [0, 0.05) is 18.4 Å². The number of nitrogens with zero attached hydrogens (tertiary/aromatic N) is 4. The lowest BCUT2D eigenvalue weighted by atomic mass is 10.2. The number of hydrogen-bond donors (Lipinski definition) is 1. The summed E-state index contributed by atoms with van der Waals surface area (Å²) in [4.78, 5) is 26.9. The minimum absolute atomic E-state index is 0.152. The average molecular weight is 436 g/mol. The van der Waals surface area contributed by atoms with E-state index in [1.807, 2.05) is 44.2 Å². The summed E-state index contributed by atoms with van der Waals surface area (Å²) in [5.74, 6) is 0.903. The van der Waals surface area contributed by atoms with Gasteiger partial charge in [0.15, 0.2) is 0 Å². The third-order valence-corrected chi connectivity index (χ3v) is 6.34. The van der Waals surface area contributed by atoms with Crippen LogP contribution >= 0.6 is 11.3 Å². The molecule has 31 heavy (non-hydrogen) atoms. The molecule has 4 heterocycles. The fraction of sp³-hybridized carbons (Fsp3) is 0.273. The van der Waals surface area contributed by atoms with Crippen molar-refractivity contribution in [2.24, 2.45) is 0 Å². The maximum absolute atomic E-state index is 12.4. The molecule has 1 amide bonds. The van der Waals surface area contributed by atoms with Gasteiger partial charge in [0.25, 0.3) is 0 Å². The Labute approximate surface area is 182 Å². The van der Waals surface area contributed by atoms with E-state index in [1.165, 1.54) is 11.3 Å². The Morgan fingerprint density at radius 2 is 2.19 bits per heavy atom. The van der Waals surface area contributed by atoms with Gasteiger partial charge in [-0.05, 0) is 43.7 Å². The number of ether oxygens (including phenoxy) is 2. The van der Waals surface area contributed by atoms with E-state index in [0.717, 1.165) is 50.2 Å². The zero-order valence-corrected chi connectivity index (χ0v) is 18.0. The SMILES string of the molecule is Cc1cccnc1-c1nc(C)c(COC(=O)Nc2ccc3c(c2)nc2n3CCOC2)s1. The van der Waals surface area contributed by atoms with E-state index >= 15 is 0 Å². The first-order valence-corrected chi connectivity index (χ1v) is 10.8.